The summed E-state index contributed by atoms with van der Waals surface area (Å²) in [6, 6.07) is 20.1. The van der Waals surface area contributed by atoms with Crippen LogP contribution in [0, 0.1) is 0 Å². The molecule has 2 aliphatic heterocycles. The van der Waals surface area contributed by atoms with Gasteiger partial charge in [-0.15, -0.1) is 0 Å². The highest BCUT2D eigenvalue weighted by atomic mass is 32.2. The zero-order chi connectivity index (χ0) is 29.4. The minimum Gasteiger partial charge on any atom is -0.871 e. The second-order valence-corrected chi connectivity index (χ2v) is 13.2. The Bertz CT molecular complexity index is 1950. The summed E-state index contributed by atoms with van der Waals surface area (Å²) in [5.41, 5.74) is 2.65. The Balaban J connectivity index is 0.000000202. The summed E-state index contributed by atoms with van der Waals surface area (Å²) >= 11 is 0. The number of carbonyl (C=O) groups is 1. The summed E-state index contributed by atoms with van der Waals surface area (Å²) in [6.45, 7) is 0. The molecule has 0 saturated carbocycles. The van der Waals surface area contributed by atoms with Crippen molar-refractivity contribution in [3.8, 4) is 11.1 Å². The van der Waals surface area contributed by atoms with Gasteiger partial charge in [0.25, 0.3) is 0 Å². The molecule has 0 atom stereocenters. The van der Waals surface area contributed by atoms with E-state index in [-0.39, 0.29) is 20.9 Å². The number of aromatic nitrogens is 2. The van der Waals surface area contributed by atoms with Crippen LogP contribution in [0.25, 0.3) is 16.9 Å². The van der Waals surface area contributed by atoms with Crippen LogP contribution in [0.2, 0.25) is 0 Å². The zero-order valence-electron chi connectivity index (χ0n) is 22.1. The van der Waals surface area contributed by atoms with Gasteiger partial charge in [0, 0.05) is 29.8 Å². The number of nitrogens with zero attached hydrogens (tertiary/aromatic N) is 2. The lowest BCUT2D eigenvalue weighted by Gasteiger charge is -2.07. The molecular weight excluding hydrogens is 560 g/mol. The van der Waals surface area contributed by atoms with E-state index in [2.05, 4.69) is 49.1 Å². The molecule has 0 saturated heterocycles. The van der Waals surface area contributed by atoms with Crippen LogP contribution in [-0.4, -0.2) is 22.6 Å². The van der Waals surface area contributed by atoms with Crippen molar-refractivity contribution in [2.24, 2.45) is 14.1 Å². The lowest BCUT2D eigenvalue weighted by molar-refractivity contribution is -0.671. The average Bonchev–Trinajstić information content (AvgIpc) is 3.28. The predicted octanol–water partition coefficient (Wildman–Crippen LogP) is 2.62. The van der Waals surface area contributed by atoms with E-state index >= 15 is 0 Å². The van der Waals surface area contributed by atoms with E-state index in [1.807, 2.05) is 23.2 Å². The first kappa shape index (κ1) is 27.9. The van der Waals surface area contributed by atoms with Crippen molar-refractivity contribution in [3.05, 3.63) is 137 Å². The van der Waals surface area contributed by atoms with E-state index in [9.17, 15) is 26.7 Å². The smallest absolute Gasteiger partial charge is 0.211 e. The van der Waals surface area contributed by atoms with Gasteiger partial charge in [0.15, 0.2) is 24.8 Å². The summed E-state index contributed by atoms with van der Waals surface area (Å²) in [7, 11) is -3.90. The fraction of sp³-hybridized carbons (Fsp3) is 0.0645. The Morgan fingerprint density at radius 2 is 1.12 bits per heavy atom. The largest absolute Gasteiger partial charge is 0.871 e. The molecule has 2 aromatic carbocycles. The number of hydrogen-bond acceptors (Lipinski definition) is 6. The Hall–Kier alpha value is -4.67. The van der Waals surface area contributed by atoms with Gasteiger partial charge in [-0.2, -0.15) is 0 Å². The third-order valence-corrected chi connectivity index (χ3v) is 10.3. The molecule has 4 heterocycles. The van der Waals surface area contributed by atoms with Crippen LogP contribution in [0.4, 0.5) is 0 Å². The van der Waals surface area contributed by atoms with Crippen molar-refractivity contribution >= 4 is 31.2 Å². The number of pyridine rings is 2. The normalized spacial score (nSPS) is 17.3. The molecule has 206 valence electrons. The van der Waals surface area contributed by atoms with Gasteiger partial charge in [-0.25, -0.2) is 26.0 Å². The number of allylic oxidation sites excluding steroid dienone is 4. The first-order valence-corrected chi connectivity index (χ1v) is 15.4. The third kappa shape index (κ3) is 5.15. The first-order valence-electron chi connectivity index (χ1n) is 12.5. The van der Waals surface area contributed by atoms with E-state index in [0.717, 1.165) is 18.2 Å². The van der Waals surface area contributed by atoms with Crippen LogP contribution >= 0.6 is 0 Å². The summed E-state index contributed by atoms with van der Waals surface area (Å²) < 4.78 is 54.0. The summed E-state index contributed by atoms with van der Waals surface area (Å²) in [5, 5.41) is 12.3. The first-order chi connectivity index (χ1) is 19.5. The molecule has 0 amide bonds. The topological polar surface area (TPSA) is 116 Å². The maximum atomic E-state index is 12.5. The number of ketones is 1. The Morgan fingerprint density at radius 3 is 1.61 bits per heavy atom. The number of Topliss-reactive ketones (excluding diaryl/α,β-unsaturated/α-hetero) is 1. The fourth-order valence-electron chi connectivity index (χ4n) is 4.46. The van der Waals surface area contributed by atoms with Gasteiger partial charge in [0.2, 0.25) is 25.5 Å². The van der Waals surface area contributed by atoms with Crippen molar-refractivity contribution in [2.75, 3.05) is 0 Å². The standard InChI is InChI=1S/C19H12O6S2.C12H14N2/c20-18-12-6-1-3-8-14(12)26(22,23)16(18)10-5-11-17-19(21)13-7-2-4-9-15(13)27(17,24)25;1-13-7-3-11(4-8-13)12-5-9-14(2)10-6-12/h1-11,20H;3-10H,1-2H3/q;+2/p-1. The number of rotatable bonds is 3. The van der Waals surface area contributed by atoms with Gasteiger partial charge in [-0.05, 0) is 47.0 Å². The molecule has 41 heavy (non-hydrogen) atoms. The highest BCUT2D eigenvalue weighted by Crippen LogP contribution is 2.37. The molecule has 10 heteroatoms. The SMILES string of the molecule is C[n+]1ccc(-c2cc[n+](C)cc2)cc1.O=C1C(=CC=CC2=C([O-])c3ccccc3S2(=O)=O)S(=O)(=O)c2ccccc21. The molecule has 0 unspecified atom stereocenters. The number of fused-ring (bicyclic) bond motifs is 2. The number of carbonyl (C=O) groups excluding carboxylic acids is 1. The number of benzene rings is 2. The minimum atomic E-state index is -3.97. The lowest BCUT2D eigenvalue weighted by atomic mass is 10.1. The second-order valence-electron chi connectivity index (χ2n) is 9.42. The van der Waals surface area contributed by atoms with Gasteiger partial charge in [-0.3, -0.25) is 4.79 Å². The maximum Gasteiger partial charge on any atom is 0.211 e. The van der Waals surface area contributed by atoms with Gasteiger partial charge < -0.3 is 5.11 Å². The Labute approximate surface area is 238 Å². The molecule has 0 N–H and O–H groups in total. The van der Waals surface area contributed by atoms with Crippen molar-refractivity contribution in [2.45, 2.75) is 9.79 Å². The molecule has 4 aromatic rings. The van der Waals surface area contributed by atoms with E-state index in [1.54, 1.807) is 12.1 Å². The number of aryl methyl sites for hydroxylation is 2. The van der Waals surface area contributed by atoms with Gasteiger partial charge in [0.05, 0.1) is 14.7 Å². The molecule has 0 fully saturated rings. The van der Waals surface area contributed by atoms with E-state index < -0.39 is 41.0 Å². The molecule has 0 aliphatic carbocycles. The molecule has 0 bridgehead atoms. The Kier molecular flexibility index (Phi) is 7.29. The molecular formula is C31H25N2O6S2+. The van der Waals surface area contributed by atoms with Crippen LogP contribution < -0.4 is 14.2 Å². The van der Waals surface area contributed by atoms with Crippen LogP contribution in [0.15, 0.2) is 135 Å². The average molecular weight is 586 g/mol. The number of sulfone groups is 2. The van der Waals surface area contributed by atoms with Crippen LogP contribution in [-0.2, 0) is 33.8 Å². The maximum absolute atomic E-state index is 12.5. The molecule has 6 rings (SSSR count). The lowest BCUT2D eigenvalue weighted by Crippen LogP contribution is -2.26. The molecule has 0 radical (unpaired) electrons. The predicted molar refractivity (Wildman–Crippen MR) is 150 cm³/mol. The van der Waals surface area contributed by atoms with E-state index in [1.165, 1.54) is 47.5 Å². The van der Waals surface area contributed by atoms with Gasteiger partial charge in [0.1, 0.15) is 19.0 Å². The van der Waals surface area contributed by atoms with Gasteiger partial charge in [-0.1, -0.05) is 42.2 Å². The molecule has 2 aromatic heterocycles. The van der Waals surface area contributed by atoms with Crippen molar-refractivity contribution in [1.29, 1.82) is 0 Å². The molecule has 8 nitrogen and oxygen atoms in total. The van der Waals surface area contributed by atoms with Crippen LogP contribution in [0.5, 0.6) is 0 Å². The summed E-state index contributed by atoms with van der Waals surface area (Å²) in [6.07, 6.45) is 11.4. The Morgan fingerprint density at radius 1 is 0.659 bits per heavy atom. The van der Waals surface area contributed by atoms with Crippen molar-refractivity contribution in [1.82, 2.24) is 0 Å². The quantitative estimate of drug-likeness (QED) is 0.270. The van der Waals surface area contributed by atoms with E-state index in [0.29, 0.717) is 0 Å². The van der Waals surface area contributed by atoms with Crippen LogP contribution in [0.1, 0.15) is 15.9 Å². The van der Waals surface area contributed by atoms with Crippen molar-refractivity contribution in [3.63, 3.8) is 0 Å². The van der Waals surface area contributed by atoms with E-state index in [4.69, 9.17) is 0 Å². The van der Waals surface area contributed by atoms with Gasteiger partial charge >= 0.3 is 0 Å². The monoisotopic (exact) mass is 585 g/mol. The molecule has 0 spiro atoms. The molecule has 2 aliphatic rings. The highest BCUT2D eigenvalue weighted by molar-refractivity contribution is 7.97. The summed E-state index contributed by atoms with van der Waals surface area (Å²) in [5.74, 6) is -1.33. The minimum absolute atomic E-state index is 0.0711. The third-order valence-electron chi connectivity index (χ3n) is 6.65. The second kappa shape index (κ2) is 10.7. The van der Waals surface area contributed by atoms with Crippen LogP contribution in [0.3, 0.4) is 0 Å². The fourth-order valence-corrected chi connectivity index (χ4v) is 7.58. The van der Waals surface area contributed by atoms with Crippen molar-refractivity contribution < 1.29 is 35.9 Å². The summed E-state index contributed by atoms with van der Waals surface area (Å²) in [4.78, 5) is 11.3. The zero-order valence-corrected chi connectivity index (χ0v) is 23.8. The highest BCUT2D eigenvalue weighted by Gasteiger charge is 2.38. The number of hydrogen-bond donors (Lipinski definition) is 0.